The van der Waals surface area contributed by atoms with Crippen LogP contribution in [0.15, 0.2) is 41.9 Å². The van der Waals surface area contributed by atoms with Crippen molar-refractivity contribution in [2.45, 2.75) is 32.9 Å². The summed E-state index contributed by atoms with van der Waals surface area (Å²) in [5.74, 6) is 0.666. The number of guanidine groups is 1. The van der Waals surface area contributed by atoms with E-state index < -0.39 is 0 Å². The van der Waals surface area contributed by atoms with E-state index >= 15 is 0 Å². The fourth-order valence-electron chi connectivity index (χ4n) is 1.81. The molecule has 1 aromatic rings. The van der Waals surface area contributed by atoms with Gasteiger partial charge in [0, 0.05) is 31.7 Å². The molecule has 1 atom stereocenters. The second kappa shape index (κ2) is 11.9. The van der Waals surface area contributed by atoms with Gasteiger partial charge in [-0.3, -0.25) is 9.79 Å². The normalized spacial score (nSPS) is 11.9. The number of carbonyl (C=O) groups excluding carboxylic acids is 1. The Balaban J connectivity index is 0.00000484. The second-order valence-corrected chi connectivity index (χ2v) is 5.08. The third kappa shape index (κ3) is 8.01. The van der Waals surface area contributed by atoms with Crippen molar-refractivity contribution in [2.75, 3.05) is 13.6 Å². The van der Waals surface area contributed by atoms with E-state index in [0.29, 0.717) is 24.6 Å². The van der Waals surface area contributed by atoms with E-state index in [0.717, 1.165) is 12.0 Å². The molecule has 1 rings (SSSR count). The van der Waals surface area contributed by atoms with Gasteiger partial charge < -0.3 is 16.0 Å². The van der Waals surface area contributed by atoms with Gasteiger partial charge in [-0.15, -0.1) is 30.6 Å². The molecule has 1 aromatic carbocycles. The number of rotatable bonds is 7. The number of nitrogens with one attached hydrogen (secondary N) is 3. The Hall–Kier alpha value is -1.57. The molecule has 1 amide bonds. The zero-order chi connectivity index (χ0) is 16.4. The van der Waals surface area contributed by atoms with E-state index in [1.807, 2.05) is 38.1 Å². The standard InChI is InChI=1S/C17H26N4O.HI/c1-5-10-19-17(18-4)20-12-14-8-7-9-15(11-14)16(22)21-13(3)6-2;/h5,7-9,11,13H,1,6,10,12H2,2-4H3,(H,21,22)(H2,18,19,20);1H. The lowest BCUT2D eigenvalue weighted by Gasteiger charge is -2.13. The van der Waals surface area contributed by atoms with Crippen LogP contribution in [0, 0.1) is 0 Å². The van der Waals surface area contributed by atoms with Crippen molar-refractivity contribution in [3.05, 3.63) is 48.0 Å². The fraction of sp³-hybridized carbons (Fsp3) is 0.412. The highest BCUT2D eigenvalue weighted by atomic mass is 127. The number of hydrogen-bond donors (Lipinski definition) is 3. The summed E-state index contributed by atoms with van der Waals surface area (Å²) in [4.78, 5) is 16.2. The molecule has 5 nitrogen and oxygen atoms in total. The van der Waals surface area contributed by atoms with Gasteiger partial charge >= 0.3 is 0 Å². The number of halogens is 1. The molecule has 0 saturated carbocycles. The fourth-order valence-corrected chi connectivity index (χ4v) is 1.81. The first-order valence-corrected chi connectivity index (χ1v) is 7.55. The monoisotopic (exact) mass is 430 g/mol. The lowest BCUT2D eigenvalue weighted by atomic mass is 10.1. The number of aliphatic imine (C=N–C) groups is 1. The van der Waals surface area contributed by atoms with Gasteiger partial charge in [0.25, 0.3) is 5.91 Å². The third-order valence-corrected chi connectivity index (χ3v) is 3.28. The van der Waals surface area contributed by atoms with Crippen LogP contribution in [0.25, 0.3) is 0 Å². The maximum absolute atomic E-state index is 12.1. The van der Waals surface area contributed by atoms with Crippen LogP contribution in [0.2, 0.25) is 0 Å². The summed E-state index contributed by atoms with van der Waals surface area (Å²) < 4.78 is 0. The Morgan fingerprint density at radius 3 is 2.74 bits per heavy atom. The maximum atomic E-state index is 12.1. The van der Waals surface area contributed by atoms with Crippen molar-refractivity contribution >= 4 is 35.8 Å². The summed E-state index contributed by atoms with van der Waals surface area (Å²) in [7, 11) is 1.72. The minimum atomic E-state index is -0.0367. The molecule has 128 valence electrons. The van der Waals surface area contributed by atoms with Gasteiger partial charge in [-0.25, -0.2) is 0 Å². The topological polar surface area (TPSA) is 65.5 Å². The summed E-state index contributed by atoms with van der Waals surface area (Å²) >= 11 is 0. The minimum Gasteiger partial charge on any atom is -0.353 e. The van der Waals surface area contributed by atoms with E-state index in [-0.39, 0.29) is 35.9 Å². The van der Waals surface area contributed by atoms with Crippen LogP contribution in [0.5, 0.6) is 0 Å². The van der Waals surface area contributed by atoms with Crippen LogP contribution >= 0.6 is 24.0 Å². The molecular weight excluding hydrogens is 403 g/mol. The molecule has 0 bridgehead atoms. The molecule has 0 aliphatic heterocycles. The SMILES string of the molecule is C=CCNC(=NC)NCc1cccc(C(=O)NC(C)CC)c1.I. The first-order valence-electron chi connectivity index (χ1n) is 7.55. The van der Waals surface area contributed by atoms with Crippen molar-refractivity contribution in [2.24, 2.45) is 4.99 Å². The molecule has 0 aliphatic rings. The van der Waals surface area contributed by atoms with Gasteiger partial charge in [-0.05, 0) is 31.0 Å². The predicted molar refractivity (Wildman–Crippen MR) is 107 cm³/mol. The van der Waals surface area contributed by atoms with Crippen LogP contribution in [0.4, 0.5) is 0 Å². The van der Waals surface area contributed by atoms with Crippen molar-refractivity contribution in [1.29, 1.82) is 0 Å². The molecule has 23 heavy (non-hydrogen) atoms. The van der Waals surface area contributed by atoms with Crippen LogP contribution in [0.3, 0.4) is 0 Å². The highest BCUT2D eigenvalue weighted by Gasteiger charge is 2.09. The Labute approximate surface area is 156 Å². The Bertz CT molecular complexity index is 531. The van der Waals surface area contributed by atoms with Crippen molar-refractivity contribution in [3.63, 3.8) is 0 Å². The molecule has 0 fully saturated rings. The lowest BCUT2D eigenvalue weighted by molar-refractivity contribution is 0.0939. The van der Waals surface area contributed by atoms with Gasteiger partial charge in [0.1, 0.15) is 0 Å². The zero-order valence-electron chi connectivity index (χ0n) is 14.1. The summed E-state index contributed by atoms with van der Waals surface area (Å²) in [6, 6.07) is 7.77. The molecule has 0 spiro atoms. The van der Waals surface area contributed by atoms with Gasteiger partial charge in [-0.2, -0.15) is 0 Å². The van der Waals surface area contributed by atoms with E-state index in [9.17, 15) is 4.79 Å². The highest BCUT2D eigenvalue weighted by Crippen LogP contribution is 2.06. The number of amides is 1. The molecular formula is C17H27IN4O. The van der Waals surface area contributed by atoms with Crippen LogP contribution in [-0.4, -0.2) is 31.5 Å². The number of hydrogen-bond acceptors (Lipinski definition) is 2. The second-order valence-electron chi connectivity index (χ2n) is 5.08. The van der Waals surface area contributed by atoms with Crippen LogP contribution in [0.1, 0.15) is 36.2 Å². The average Bonchev–Trinajstić information content (AvgIpc) is 2.55. The molecule has 0 saturated heterocycles. The van der Waals surface area contributed by atoms with Gasteiger partial charge in [-0.1, -0.05) is 25.1 Å². The number of benzene rings is 1. The number of carbonyl (C=O) groups is 1. The summed E-state index contributed by atoms with van der Waals surface area (Å²) in [6.07, 6.45) is 2.69. The molecule has 0 heterocycles. The molecule has 0 aliphatic carbocycles. The van der Waals surface area contributed by atoms with E-state index in [1.54, 1.807) is 13.1 Å². The van der Waals surface area contributed by atoms with Crippen LogP contribution < -0.4 is 16.0 Å². The Morgan fingerprint density at radius 1 is 1.39 bits per heavy atom. The van der Waals surface area contributed by atoms with Crippen molar-refractivity contribution in [1.82, 2.24) is 16.0 Å². The zero-order valence-corrected chi connectivity index (χ0v) is 16.4. The largest absolute Gasteiger partial charge is 0.353 e. The first-order chi connectivity index (χ1) is 10.6. The summed E-state index contributed by atoms with van der Waals surface area (Å²) in [6.45, 7) is 8.95. The highest BCUT2D eigenvalue weighted by molar-refractivity contribution is 14.0. The van der Waals surface area contributed by atoms with Gasteiger partial charge in [0.2, 0.25) is 0 Å². The minimum absolute atomic E-state index is 0. The van der Waals surface area contributed by atoms with E-state index in [1.165, 1.54) is 0 Å². The Kier molecular flexibility index (Phi) is 11.1. The predicted octanol–water partition coefficient (Wildman–Crippen LogP) is 2.68. The summed E-state index contributed by atoms with van der Waals surface area (Å²) in [5.41, 5.74) is 1.70. The third-order valence-electron chi connectivity index (χ3n) is 3.28. The first kappa shape index (κ1) is 21.4. The smallest absolute Gasteiger partial charge is 0.251 e. The van der Waals surface area contributed by atoms with Gasteiger partial charge in [0.15, 0.2) is 5.96 Å². The van der Waals surface area contributed by atoms with Crippen LogP contribution in [-0.2, 0) is 6.54 Å². The molecule has 0 aromatic heterocycles. The molecule has 0 radical (unpaired) electrons. The maximum Gasteiger partial charge on any atom is 0.251 e. The number of nitrogens with zero attached hydrogens (tertiary/aromatic N) is 1. The molecule has 3 N–H and O–H groups in total. The van der Waals surface area contributed by atoms with Crippen molar-refractivity contribution in [3.8, 4) is 0 Å². The molecule has 1 unspecified atom stereocenters. The van der Waals surface area contributed by atoms with E-state index in [2.05, 4.69) is 27.5 Å². The quantitative estimate of drug-likeness (QED) is 0.270. The Morgan fingerprint density at radius 2 is 2.13 bits per heavy atom. The van der Waals surface area contributed by atoms with Gasteiger partial charge in [0.05, 0.1) is 0 Å². The summed E-state index contributed by atoms with van der Waals surface area (Å²) in [5, 5.41) is 9.27. The van der Waals surface area contributed by atoms with E-state index in [4.69, 9.17) is 0 Å². The van der Waals surface area contributed by atoms with Crippen molar-refractivity contribution < 1.29 is 4.79 Å². The average molecular weight is 430 g/mol. The molecule has 6 heteroatoms. The lowest BCUT2D eigenvalue weighted by Crippen LogP contribution is -2.36.